The van der Waals surface area contributed by atoms with Gasteiger partial charge in [-0.05, 0) is 54.4 Å². The lowest BCUT2D eigenvalue weighted by Crippen LogP contribution is -2.17. The number of methoxy groups -OCH3 is 1. The monoisotopic (exact) mass is 480 g/mol. The zero-order chi connectivity index (χ0) is 25.2. The van der Waals surface area contributed by atoms with Gasteiger partial charge in [-0.3, -0.25) is 4.79 Å². The van der Waals surface area contributed by atoms with Gasteiger partial charge in [-0.1, -0.05) is 66.2 Å². The van der Waals surface area contributed by atoms with Crippen LogP contribution in [0.25, 0.3) is 0 Å². The number of carbonyl (C=O) groups excluding carboxylic acids is 1. The zero-order valence-corrected chi connectivity index (χ0v) is 20.3. The molecule has 0 aliphatic heterocycles. The normalized spacial score (nSPS) is 10.7. The van der Waals surface area contributed by atoms with Crippen LogP contribution in [0.1, 0.15) is 32.6 Å². The Labute approximate surface area is 211 Å². The highest BCUT2D eigenvalue weighted by atomic mass is 16.5. The van der Waals surface area contributed by atoms with E-state index in [4.69, 9.17) is 14.2 Å². The molecule has 1 amide bonds. The molecule has 4 rings (SSSR count). The molecule has 0 heterocycles. The summed E-state index contributed by atoms with van der Waals surface area (Å²) in [5, 5.41) is 4.10. The molecule has 6 heteroatoms. The molecule has 1 N–H and O–H groups in total. The van der Waals surface area contributed by atoms with Crippen LogP contribution in [0.15, 0.2) is 102 Å². The second-order valence-corrected chi connectivity index (χ2v) is 8.15. The van der Waals surface area contributed by atoms with Crippen LogP contribution < -0.4 is 19.6 Å². The van der Waals surface area contributed by atoms with Gasteiger partial charge in [0.2, 0.25) is 0 Å². The summed E-state index contributed by atoms with van der Waals surface area (Å²) in [6.45, 7) is 2.76. The lowest BCUT2D eigenvalue weighted by atomic mass is 10.1. The van der Waals surface area contributed by atoms with Crippen molar-refractivity contribution in [2.24, 2.45) is 5.10 Å². The SMILES string of the molecule is COc1cc(COc2ccccc2/C=N/NC(=O)c2ccc(C)cc2)ccc1OCc1ccccc1. The van der Waals surface area contributed by atoms with Gasteiger partial charge in [-0.2, -0.15) is 5.10 Å². The van der Waals surface area contributed by atoms with Crippen molar-refractivity contribution in [3.8, 4) is 17.2 Å². The highest BCUT2D eigenvalue weighted by Crippen LogP contribution is 2.29. The molecule has 0 aliphatic rings. The number of aryl methyl sites for hydroxylation is 1. The highest BCUT2D eigenvalue weighted by Gasteiger charge is 2.09. The first kappa shape index (κ1) is 24.5. The van der Waals surface area contributed by atoms with Gasteiger partial charge in [0.25, 0.3) is 5.91 Å². The molecular formula is C30H28N2O4. The van der Waals surface area contributed by atoms with E-state index >= 15 is 0 Å². The van der Waals surface area contributed by atoms with Crippen LogP contribution in [0, 0.1) is 6.92 Å². The summed E-state index contributed by atoms with van der Waals surface area (Å²) in [6, 6.07) is 30.5. The Morgan fingerprint density at radius 3 is 2.25 bits per heavy atom. The molecule has 182 valence electrons. The van der Waals surface area contributed by atoms with Crippen LogP contribution in [0.5, 0.6) is 17.2 Å². The molecule has 36 heavy (non-hydrogen) atoms. The van der Waals surface area contributed by atoms with Gasteiger partial charge in [0.05, 0.1) is 13.3 Å². The molecule has 0 saturated carbocycles. The smallest absolute Gasteiger partial charge is 0.271 e. The van der Waals surface area contributed by atoms with Crippen LogP contribution >= 0.6 is 0 Å². The van der Waals surface area contributed by atoms with E-state index in [0.29, 0.717) is 36.0 Å². The second kappa shape index (κ2) is 12.2. The van der Waals surface area contributed by atoms with E-state index in [2.05, 4.69) is 10.5 Å². The average Bonchev–Trinajstić information content (AvgIpc) is 2.92. The first-order valence-electron chi connectivity index (χ1n) is 11.6. The van der Waals surface area contributed by atoms with Crippen LogP contribution in [0.4, 0.5) is 0 Å². The van der Waals surface area contributed by atoms with Gasteiger partial charge in [-0.25, -0.2) is 5.43 Å². The predicted molar refractivity (Wildman–Crippen MR) is 141 cm³/mol. The highest BCUT2D eigenvalue weighted by molar-refractivity contribution is 5.95. The van der Waals surface area contributed by atoms with Crippen LogP contribution in [0.2, 0.25) is 0 Å². The number of nitrogens with one attached hydrogen (secondary N) is 1. The Morgan fingerprint density at radius 2 is 1.47 bits per heavy atom. The number of amides is 1. The van der Waals surface area contributed by atoms with Gasteiger partial charge in [0, 0.05) is 11.1 Å². The molecule has 0 aliphatic carbocycles. The van der Waals surface area contributed by atoms with Gasteiger partial charge in [0.15, 0.2) is 11.5 Å². The maximum absolute atomic E-state index is 12.3. The number of benzene rings is 4. The number of carbonyl (C=O) groups is 1. The Bertz CT molecular complexity index is 1320. The number of rotatable bonds is 10. The molecule has 4 aromatic carbocycles. The fourth-order valence-corrected chi connectivity index (χ4v) is 3.47. The predicted octanol–water partition coefficient (Wildman–Crippen LogP) is 5.93. The van der Waals surface area contributed by atoms with E-state index in [9.17, 15) is 4.79 Å². The molecule has 0 aromatic heterocycles. The molecular weight excluding hydrogens is 452 g/mol. The van der Waals surface area contributed by atoms with Crippen LogP contribution in [-0.2, 0) is 13.2 Å². The number of hydrogen-bond donors (Lipinski definition) is 1. The lowest BCUT2D eigenvalue weighted by molar-refractivity contribution is 0.0955. The van der Waals surface area contributed by atoms with E-state index in [1.54, 1.807) is 25.5 Å². The molecule has 0 fully saturated rings. The number of ether oxygens (including phenoxy) is 3. The van der Waals surface area contributed by atoms with E-state index in [0.717, 1.165) is 22.3 Å². The lowest BCUT2D eigenvalue weighted by Gasteiger charge is -2.13. The first-order chi connectivity index (χ1) is 17.6. The Kier molecular flexibility index (Phi) is 8.33. The number of nitrogens with zero attached hydrogens (tertiary/aromatic N) is 1. The average molecular weight is 481 g/mol. The van der Waals surface area contributed by atoms with E-state index < -0.39 is 0 Å². The Balaban J connectivity index is 1.37. The summed E-state index contributed by atoms with van der Waals surface area (Å²) in [7, 11) is 1.62. The molecule has 0 saturated heterocycles. The second-order valence-electron chi connectivity index (χ2n) is 8.15. The standard InChI is InChI=1S/C30H28N2O4/c1-22-12-15-25(16-13-22)30(33)32-31-19-26-10-6-7-11-27(26)35-21-24-14-17-28(29(18-24)34-2)36-20-23-8-4-3-5-9-23/h3-19H,20-21H2,1-2H3,(H,32,33)/b31-19+. The molecule has 6 nitrogen and oxygen atoms in total. The van der Waals surface area contributed by atoms with Crippen LogP contribution in [-0.4, -0.2) is 19.2 Å². The molecule has 0 spiro atoms. The summed E-state index contributed by atoms with van der Waals surface area (Å²) in [5.41, 5.74) is 6.96. The van der Waals surface area contributed by atoms with Crippen molar-refractivity contribution in [3.05, 3.63) is 125 Å². The largest absolute Gasteiger partial charge is 0.493 e. The summed E-state index contributed by atoms with van der Waals surface area (Å²) >= 11 is 0. The third kappa shape index (κ3) is 6.73. The molecule has 0 atom stereocenters. The quantitative estimate of drug-likeness (QED) is 0.226. The van der Waals surface area contributed by atoms with E-state index in [-0.39, 0.29) is 5.91 Å². The van der Waals surface area contributed by atoms with Crippen LogP contribution in [0.3, 0.4) is 0 Å². The fourth-order valence-electron chi connectivity index (χ4n) is 3.47. The van der Waals surface area contributed by atoms with Crippen molar-refractivity contribution in [1.82, 2.24) is 5.43 Å². The Hall–Kier alpha value is -4.58. The maximum atomic E-state index is 12.3. The summed E-state index contributed by atoms with van der Waals surface area (Å²) < 4.78 is 17.5. The molecule has 0 radical (unpaired) electrons. The van der Waals surface area contributed by atoms with Gasteiger partial charge in [0.1, 0.15) is 19.0 Å². The third-order valence-corrected chi connectivity index (χ3v) is 5.46. The van der Waals surface area contributed by atoms with Crippen molar-refractivity contribution in [1.29, 1.82) is 0 Å². The number of hydrogen-bond acceptors (Lipinski definition) is 5. The summed E-state index contributed by atoms with van der Waals surface area (Å²) in [6.07, 6.45) is 1.57. The van der Waals surface area contributed by atoms with Crippen molar-refractivity contribution < 1.29 is 19.0 Å². The summed E-state index contributed by atoms with van der Waals surface area (Å²) in [5.74, 6) is 1.68. The first-order valence-corrected chi connectivity index (χ1v) is 11.6. The minimum atomic E-state index is -0.272. The molecule has 0 unspecified atom stereocenters. The third-order valence-electron chi connectivity index (χ3n) is 5.46. The minimum Gasteiger partial charge on any atom is -0.493 e. The van der Waals surface area contributed by atoms with Gasteiger partial charge < -0.3 is 14.2 Å². The maximum Gasteiger partial charge on any atom is 0.271 e. The number of para-hydroxylation sites is 1. The molecule has 4 aromatic rings. The summed E-state index contributed by atoms with van der Waals surface area (Å²) in [4.78, 5) is 12.3. The van der Waals surface area contributed by atoms with Crippen molar-refractivity contribution in [3.63, 3.8) is 0 Å². The van der Waals surface area contributed by atoms with Crippen molar-refractivity contribution >= 4 is 12.1 Å². The number of hydrazone groups is 1. The molecule has 0 bridgehead atoms. The van der Waals surface area contributed by atoms with Gasteiger partial charge >= 0.3 is 0 Å². The fraction of sp³-hybridized carbons (Fsp3) is 0.133. The topological polar surface area (TPSA) is 69.2 Å². The zero-order valence-electron chi connectivity index (χ0n) is 20.3. The van der Waals surface area contributed by atoms with Crippen molar-refractivity contribution in [2.45, 2.75) is 20.1 Å². The van der Waals surface area contributed by atoms with E-state index in [1.165, 1.54) is 0 Å². The van der Waals surface area contributed by atoms with Gasteiger partial charge in [-0.15, -0.1) is 0 Å². The minimum absolute atomic E-state index is 0.272. The Morgan fingerprint density at radius 1 is 0.778 bits per heavy atom. The van der Waals surface area contributed by atoms with E-state index in [1.807, 2.05) is 91.9 Å². The van der Waals surface area contributed by atoms with Crippen molar-refractivity contribution in [2.75, 3.05) is 7.11 Å².